The molecule has 118 valence electrons. The zero-order valence-electron chi connectivity index (χ0n) is 13.4. The van der Waals surface area contributed by atoms with Crippen molar-refractivity contribution in [2.24, 2.45) is 0 Å². The van der Waals surface area contributed by atoms with E-state index in [0.717, 1.165) is 28.9 Å². The molecule has 1 aliphatic rings. The van der Waals surface area contributed by atoms with Gasteiger partial charge in [0.2, 0.25) is 5.91 Å². The Morgan fingerprint density at radius 1 is 1.13 bits per heavy atom. The molecule has 3 rings (SSSR count). The first kappa shape index (κ1) is 15.3. The number of hydrogen-bond donors (Lipinski definition) is 1. The third-order valence-electron chi connectivity index (χ3n) is 4.19. The molecule has 2 amide bonds. The Balaban J connectivity index is 1.87. The number of amides is 2. The summed E-state index contributed by atoms with van der Waals surface area (Å²) in [4.78, 5) is 26.4. The fraction of sp³-hybridized carbons (Fsp3) is 0.263. The normalized spacial score (nSPS) is 12.9. The van der Waals surface area contributed by atoms with Gasteiger partial charge in [-0.3, -0.25) is 9.59 Å². The number of nitrogens with zero attached hydrogens (tertiary/aromatic N) is 1. The number of hydrogen-bond acceptors (Lipinski definition) is 2. The van der Waals surface area contributed by atoms with Crippen molar-refractivity contribution in [2.45, 2.75) is 26.7 Å². The SMILES string of the molecule is CCC(=O)N1CCc2c(C(=O)Nc3ccc(C)cc3)cccc21. The topological polar surface area (TPSA) is 49.4 Å². The highest BCUT2D eigenvalue weighted by Gasteiger charge is 2.27. The van der Waals surface area contributed by atoms with Crippen molar-refractivity contribution in [2.75, 3.05) is 16.8 Å². The highest BCUT2D eigenvalue weighted by Crippen LogP contribution is 2.31. The largest absolute Gasteiger partial charge is 0.322 e. The van der Waals surface area contributed by atoms with Gasteiger partial charge >= 0.3 is 0 Å². The maximum absolute atomic E-state index is 12.6. The summed E-state index contributed by atoms with van der Waals surface area (Å²) in [5, 5.41) is 2.93. The van der Waals surface area contributed by atoms with Gasteiger partial charge in [0.15, 0.2) is 0 Å². The van der Waals surface area contributed by atoms with Crippen LogP contribution in [0, 0.1) is 6.92 Å². The lowest BCUT2D eigenvalue weighted by Gasteiger charge is -2.16. The fourth-order valence-electron chi connectivity index (χ4n) is 2.93. The minimum atomic E-state index is -0.128. The molecule has 0 atom stereocenters. The van der Waals surface area contributed by atoms with Crippen LogP contribution in [0.3, 0.4) is 0 Å². The van der Waals surface area contributed by atoms with Crippen LogP contribution in [-0.2, 0) is 11.2 Å². The molecule has 0 radical (unpaired) electrons. The van der Waals surface area contributed by atoms with Gasteiger partial charge in [-0.2, -0.15) is 0 Å². The number of nitrogens with one attached hydrogen (secondary N) is 1. The molecule has 2 aromatic rings. The predicted molar refractivity (Wildman–Crippen MR) is 91.9 cm³/mol. The first-order chi connectivity index (χ1) is 11.1. The third-order valence-corrected chi connectivity index (χ3v) is 4.19. The zero-order valence-corrected chi connectivity index (χ0v) is 13.4. The first-order valence-corrected chi connectivity index (χ1v) is 7.90. The first-order valence-electron chi connectivity index (χ1n) is 7.90. The summed E-state index contributed by atoms with van der Waals surface area (Å²) in [5.74, 6) is -0.0312. The zero-order chi connectivity index (χ0) is 16.4. The molecular formula is C19H20N2O2. The summed E-state index contributed by atoms with van der Waals surface area (Å²) in [6, 6.07) is 13.3. The van der Waals surface area contributed by atoms with Gasteiger partial charge in [-0.25, -0.2) is 0 Å². The van der Waals surface area contributed by atoms with Gasteiger partial charge in [0.05, 0.1) is 0 Å². The van der Waals surface area contributed by atoms with E-state index < -0.39 is 0 Å². The Labute approximate surface area is 136 Å². The van der Waals surface area contributed by atoms with E-state index in [4.69, 9.17) is 0 Å². The van der Waals surface area contributed by atoms with Crippen LogP contribution < -0.4 is 10.2 Å². The number of aryl methyl sites for hydroxylation is 1. The molecule has 4 heteroatoms. The highest BCUT2D eigenvalue weighted by molar-refractivity contribution is 6.07. The Morgan fingerprint density at radius 2 is 1.87 bits per heavy atom. The second-order valence-corrected chi connectivity index (χ2v) is 5.77. The van der Waals surface area contributed by atoms with Gasteiger partial charge in [0, 0.05) is 29.9 Å². The summed E-state index contributed by atoms with van der Waals surface area (Å²) in [6.07, 6.45) is 1.19. The molecular weight excluding hydrogens is 288 g/mol. The molecule has 0 unspecified atom stereocenters. The van der Waals surface area contributed by atoms with Crippen molar-refractivity contribution in [1.82, 2.24) is 0 Å². The summed E-state index contributed by atoms with van der Waals surface area (Å²) >= 11 is 0. The van der Waals surface area contributed by atoms with Crippen molar-refractivity contribution in [3.63, 3.8) is 0 Å². The minimum absolute atomic E-state index is 0.0971. The molecule has 1 N–H and O–H groups in total. The van der Waals surface area contributed by atoms with E-state index in [1.165, 1.54) is 0 Å². The predicted octanol–water partition coefficient (Wildman–Crippen LogP) is 3.55. The fourth-order valence-corrected chi connectivity index (χ4v) is 2.93. The molecule has 0 saturated heterocycles. The average Bonchev–Trinajstić information content (AvgIpc) is 3.00. The van der Waals surface area contributed by atoms with Crippen LogP contribution in [0.15, 0.2) is 42.5 Å². The highest BCUT2D eigenvalue weighted by atomic mass is 16.2. The second kappa shape index (κ2) is 6.24. The standard InChI is InChI=1S/C19H20N2O2/c1-3-18(22)21-12-11-15-16(5-4-6-17(15)21)19(23)20-14-9-7-13(2)8-10-14/h4-10H,3,11-12H2,1-2H3,(H,20,23). The number of carbonyl (C=O) groups is 2. The van der Waals surface area contributed by atoms with E-state index in [1.54, 1.807) is 4.90 Å². The number of fused-ring (bicyclic) bond motifs is 1. The van der Waals surface area contributed by atoms with Crippen molar-refractivity contribution in [3.8, 4) is 0 Å². The lowest BCUT2D eigenvalue weighted by molar-refractivity contribution is -0.118. The number of carbonyl (C=O) groups excluding carboxylic acids is 2. The Morgan fingerprint density at radius 3 is 2.57 bits per heavy atom. The lowest BCUT2D eigenvalue weighted by Crippen LogP contribution is -2.27. The number of benzene rings is 2. The monoisotopic (exact) mass is 308 g/mol. The maximum Gasteiger partial charge on any atom is 0.256 e. The summed E-state index contributed by atoms with van der Waals surface area (Å²) in [7, 11) is 0. The third kappa shape index (κ3) is 2.97. The van der Waals surface area contributed by atoms with Gasteiger partial charge in [0.25, 0.3) is 5.91 Å². The molecule has 4 nitrogen and oxygen atoms in total. The molecule has 0 fully saturated rings. The minimum Gasteiger partial charge on any atom is -0.322 e. The molecule has 0 spiro atoms. The lowest BCUT2D eigenvalue weighted by atomic mass is 10.0. The van der Waals surface area contributed by atoms with Crippen LogP contribution in [-0.4, -0.2) is 18.4 Å². The molecule has 0 aliphatic carbocycles. The van der Waals surface area contributed by atoms with Crippen molar-refractivity contribution >= 4 is 23.2 Å². The summed E-state index contributed by atoms with van der Waals surface area (Å²) < 4.78 is 0. The molecule has 0 aromatic heterocycles. The van der Waals surface area contributed by atoms with Gasteiger partial charge in [-0.05, 0) is 43.2 Å². The van der Waals surface area contributed by atoms with Crippen LogP contribution in [0.25, 0.3) is 0 Å². The molecule has 0 saturated carbocycles. The van der Waals surface area contributed by atoms with Crippen LogP contribution in [0.4, 0.5) is 11.4 Å². The average molecular weight is 308 g/mol. The quantitative estimate of drug-likeness (QED) is 0.942. The van der Waals surface area contributed by atoms with Crippen molar-refractivity contribution in [3.05, 3.63) is 59.2 Å². The van der Waals surface area contributed by atoms with Gasteiger partial charge < -0.3 is 10.2 Å². The number of rotatable bonds is 3. The van der Waals surface area contributed by atoms with E-state index in [2.05, 4.69) is 5.32 Å². The molecule has 0 bridgehead atoms. The maximum atomic E-state index is 12.6. The van der Waals surface area contributed by atoms with Crippen LogP contribution in [0.1, 0.15) is 34.8 Å². The van der Waals surface area contributed by atoms with E-state index >= 15 is 0 Å². The molecule has 1 heterocycles. The van der Waals surface area contributed by atoms with E-state index in [0.29, 0.717) is 18.5 Å². The Kier molecular flexibility index (Phi) is 4.15. The van der Waals surface area contributed by atoms with Crippen LogP contribution in [0.5, 0.6) is 0 Å². The summed E-state index contributed by atoms with van der Waals surface area (Å²) in [6.45, 7) is 4.51. The van der Waals surface area contributed by atoms with Gasteiger partial charge in [0.1, 0.15) is 0 Å². The second-order valence-electron chi connectivity index (χ2n) is 5.77. The van der Waals surface area contributed by atoms with Gasteiger partial charge in [-0.1, -0.05) is 30.7 Å². The molecule has 2 aromatic carbocycles. The summed E-state index contributed by atoms with van der Waals surface area (Å²) in [5.41, 5.74) is 4.40. The Bertz CT molecular complexity index is 750. The Hall–Kier alpha value is -2.62. The van der Waals surface area contributed by atoms with Gasteiger partial charge in [-0.15, -0.1) is 0 Å². The number of anilines is 2. The van der Waals surface area contributed by atoms with Crippen LogP contribution in [0.2, 0.25) is 0 Å². The molecule has 1 aliphatic heterocycles. The van der Waals surface area contributed by atoms with Crippen LogP contribution >= 0.6 is 0 Å². The van der Waals surface area contributed by atoms with E-state index in [9.17, 15) is 9.59 Å². The van der Waals surface area contributed by atoms with E-state index in [1.807, 2.05) is 56.3 Å². The van der Waals surface area contributed by atoms with E-state index in [-0.39, 0.29) is 11.8 Å². The smallest absolute Gasteiger partial charge is 0.256 e. The van der Waals surface area contributed by atoms with Crippen molar-refractivity contribution in [1.29, 1.82) is 0 Å². The molecule has 23 heavy (non-hydrogen) atoms. The van der Waals surface area contributed by atoms with Crippen molar-refractivity contribution < 1.29 is 9.59 Å².